The van der Waals surface area contributed by atoms with E-state index >= 15 is 0 Å². The standard InChI is InChI=1S/C12H18O2/c13-8-12(9-3-1-2-4-9)7-10-5-6-11(12)14-10/h8-11H,1-7H2. The van der Waals surface area contributed by atoms with Crippen molar-refractivity contribution in [3.63, 3.8) is 0 Å². The lowest BCUT2D eigenvalue weighted by atomic mass is 9.66. The van der Waals surface area contributed by atoms with Crippen LogP contribution in [0.25, 0.3) is 0 Å². The number of rotatable bonds is 2. The number of hydrogen-bond acceptors (Lipinski definition) is 2. The molecule has 3 atom stereocenters. The molecule has 2 aliphatic heterocycles. The average Bonchev–Trinajstić information content (AvgIpc) is 2.93. The van der Waals surface area contributed by atoms with Gasteiger partial charge in [0.05, 0.1) is 17.6 Å². The third-order valence-corrected chi connectivity index (χ3v) is 4.62. The molecule has 1 saturated carbocycles. The van der Waals surface area contributed by atoms with Crippen molar-refractivity contribution in [1.29, 1.82) is 0 Å². The maximum absolute atomic E-state index is 11.4. The van der Waals surface area contributed by atoms with Crippen molar-refractivity contribution >= 4 is 6.29 Å². The smallest absolute Gasteiger partial charge is 0.129 e. The summed E-state index contributed by atoms with van der Waals surface area (Å²) < 4.78 is 5.86. The van der Waals surface area contributed by atoms with Crippen molar-refractivity contribution in [1.82, 2.24) is 0 Å². The number of carbonyl (C=O) groups excluding carboxylic acids is 1. The Labute approximate surface area is 85.0 Å². The molecule has 0 amide bonds. The molecule has 0 aromatic heterocycles. The van der Waals surface area contributed by atoms with Gasteiger partial charge in [0.25, 0.3) is 0 Å². The van der Waals surface area contributed by atoms with E-state index < -0.39 is 0 Å². The van der Waals surface area contributed by atoms with Gasteiger partial charge in [-0.2, -0.15) is 0 Å². The first kappa shape index (κ1) is 8.90. The minimum Gasteiger partial charge on any atom is -0.374 e. The molecule has 3 aliphatic rings. The first-order valence-electron chi connectivity index (χ1n) is 5.97. The van der Waals surface area contributed by atoms with E-state index in [4.69, 9.17) is 4.74 Å². The van der Waals surface area contributed by atoms with Gasteiger partial charge in [-0.1, -0.05) is 12.8 Å². The topological polar surface area (TPSA) is 26.3 Å². The van der Waals surface area contributed by atoms with Crippen LogP contribution < -0.4 is 0 Å². The van der Waals surface area contributed by atoms with Crippen LogP contribution in [-0.2, 0) is 9.53 Å². The highest BCUT2D eigenvalue weighted by molar-refractivity contribution is 5.62. The van der Waals surface area contributed by atoms with E-state index in [1.165, 1.54) is 38.4 Å². The predicted octanol–water partition coefficient (Wildman–Crippen LogP) is 2.31. The van der Waals surface area contributed by atoms with Gasteiger partial charge in [0.15, 0.2) is 0 Å². The molecule has 0 aromatic carbocycles. The van der Waals surface area contributed by atoms with E-state index in [1.807, 2.05) is 0 Å². The number of fused-ring (bicyclic) bond motifs is 2. The van der Waals surface area contributed by atoms with Gasteiger partial charge in [-0.15, -0.1) is 0 Å². The fraction of sp³-hybridized carbons (Fsp3) is 0.917. The molecular weight excluding hydrogens is 176 g/mol. The summed E-state index contributed by atoms with van der Waals surface area (Å²) in [5.74, 6) is 0.635. The van der Waals surface area contributed by atoms with Crippen LogP contribution in [0.4, 0.5) is 0 Å². The molecule has 0 N–H and O–H groups in total. The number of hydrogen-bond donors (Lipinski definition) is 0. The van der Waals surface area contributed by atoms with Gasteiger partial charge < -0.3 is 9.53 Å². The zero-order valence-corrected chi connectivity index (χ0v) is 8.58. The number of carbonyl (C=O) groups is 1. The van der Waals surface area contributed by atoms with Crippen LogP contribution in [0, 0.1) is 11.3 Å². The summed E-state index contributed by atoms with van der Waals surface area (Å²) >= 11 is 0. The fourth-order valence-electron chi connectivity index (χ4n) is 3.89. The second-order valence-electron chi connectivity index (χ2n) is 5.24. The Kier molecular flexibility index (Phi) is 1.94. The van der Waals surface area contributed by atoms with Gasteiger partial charge in [0.2, 0.25) is 0 Å². The molecule has 3 fully saturated rings. The first-order valence-corrected chi connectivity index (χ1v) is 5.97. The van der Waals surface area contributed by atoms with Crippen LogP contribution in [0.3, 0.4) is 0 Å². The van der Waals surface area contributed by atoms with E-state index in [-0.39, 0.29) is 11.5 Å². The molecule has 14 heavy (non-hydrogen) atoms. The Hall–Kier alpha value is -0.370. The van der Waals surface area contributed by atoms with Crippen molar-refractivity contribution in [3.05, 3.63) is 0 Å². The van der Waals surface area contributed by atoms with E-state index in [0.717, 1.165) is 12.8 Å². The SMILES string of the molecule is O=CC1(C2CCCC2)CC2CCC1O2. The normalized spacial score (nSPS) is 47.4. The van der Waals surface area contributed by atoms with Crippen molar-refractivity contribution in [3.8, 4) is 0 Å². The van der Waals surface area contributed by atoms with Gasteiger partial charge in [-0.3, -0.25) is 0 Å². The monoisotopic (exact) mass is 194 g/mol. The van der Waals surface area contributed by atoms with Crippen LogP contribution in [0.5, 0.6) is 0 Å². The lowest BCUT2D eigenvalue weighted by molar-refractivity contribution is -0.122. The third-order valence-electron chi connectivity index (χ3n) is 4.62. The molecule has 2 heteroatoms. The van der Waals surface area contributed by atoms with Gasteiger partial charge in [0.1, 0.15) is 6.29 Å². The Balaban J connectivity index is 1.87. The Morgan fingerprint density at radius 2 is 1.93 bits per heavy atom. The van der Waals surface area contributed by atoms with Crippen LogP contribution in [0.1, 0.15) is 44.9 Å². The van der Waals surface area contributed by atoms with Crippen molar-refractivity contribution in [2.75, 3.05) is 0 Å². The van der Waals surface area contributed by atoms with Gasteiger partial charge >= 0.3 is 0 Å². The van der Waals surface area contributed by atoms with Crippen molar-refractivity contribution < 1.29 is 9.53 Å². The van der Waals surface area contributed by atoms with E-state index in [1.54, 1.807) is 0 Å². The minimum atomic E-state index is -0.0700. The maximum atomic E-state index is 11.4. The summed E-state index contributed by atoms with van der Waals surface area (Å²) in [6.07, 6.45) is 10.4. The van der Waals surface area contributed by atoms with E-state index in [9.17, 15) is 4.79 Å². The number of ether oxygens (including phenoxy) is 1. The molecule has 0 radical (unpaired) electrons. The summed E-state index contributed by atoms with van der Waals surface area (Å²) in [6, 6.07) is 0. The zero-order chi connectivity index (χ0) is 9.60. The van der Waals surface area contributed by atoms with Crippen LogP contribution in [0.15, 0.2) is 0 Å². The summed E-state index contributed by atoms with van der Waals surface area (Å²) in [5, 5.41) is 0. The molecule has 0 spiro atoms. The second-order valence-corrected chi connectivity index (χ2v) is 5.24. The number of aldehydes is 1. The van der Waals surface area contributed by atoms with Crippen LogP contribution in [-0.4, -0.2) is 18.5 Å². The highest BCUT2D eigenvalue weighted by atomic mass is 16.5. The fourth-order valence-corrected chi connectivity index (χ4v) is 3.89. The lowest BCUT2D eigenvalue weighted by Crippen LogP contribution is -2.40. The van der Waals surface area contributed by atoms with Crippen LogP contribution in [0.2, 0.25) is 0 Å². The summed E-state index contributed by atoms with van der Waals surface area (Å²) in [4.78, 5) is 11.4. The Morgan fingerprint density at radius 1 is 1.14 bits per heavy atom. The average molecular weight is 194 g/mol. The van der Waals surface area contributed by atoms with Gasteiger partial charge in [0, 0.05) is 0 Å². The van der Waals surface area contributed by atoms with E-state index in [0.29, 0.717) is 12.0 Å². The highest BCUT2D eigenvalue weighted by Crippen LogP contribution is 2.54. The summed E-state index contributed by atoms with van der Waals surface area (Å²) in [5.41, 5.74) is -0.0700. The van der Waals surface area contributed by atoms with Crippen molar-refractivity contribution in [2.45, 2.75) is 57.2 Å². The lowest BCUT2D eigenvalue weighted by Gasteiger charge is -2.35. The quantitative estimate of drug-likeness (QED) is 0.630. The molecule has 3 rings (SSSR count). The molecule has 3 unspecified atom stereocenters. The van der Waals surface area contributed by atoms with E-state index in [2.05, 4.69) is 0 Å². The Bertz CT molecular complexity index is 245. The van der Waals surface area contributed by atoms with Gasteiger partial charge in [-0.05, 0) is 38.0 Å². The van der Waals surface area contributed by atoms with Crippen LogP contribution >= 0.6 is 0 Å². The molecule has 0 aromatic rings. The third kappa shape index (κ3) is 1.04. The van der Waals surface area contributed by atoms with Crippen molar-refractivity contribution in [2.24, 2.45) is 11.3 Å². The second kappa shape index (κ2) is 3.06. The Morgan fingerprint density at radius 3 is 2.43 bits per heavy atom. The predicted molar refractivity (Wildman–Crippen MR) is 53.0 cm³/mol. The molecule has 2 heterocycles. The largest absolute Gasteiger partial charge is 0.374 e. The molecule has 2 saturated heterocycles. The highest BCUT2D eigenvalue weighted by Gasteiger charge is 2.56. The maximum Gasteiger partial charge on any atom is 0.129 e. The zero-order valence-electron chi connectivity index (χ0n) is 8.58. The summed E-state index contributed by atoms with van der Waals surface area (Å²) in [7, 11) is 0. The van der Waals surface area contributed by atoms with Gasteiger partial charge in [-0.25, -0.2) is 0 Å². The molecule has 1 aliphatic carbocycles. The first-order chi connectivity index (χ1) is 6.85. The summed E-state index contributed by atoms with van der Waals surface area (Å²) in [6.45, 7) is 0. The minimum absolute atomic E-state index is 0.0700. The molecule has 2 nitrogen and oxygen atoms in total. The molecular formula is C12H18O2. The molecule has 2 bridgehead atoms. The molecule has 78 valence electrons.